The number of aliphatic hydroxyl groups is 1. The van der Waals surface area contributed by atoms with Crippen molar-refractivity contribution in [3.63, 3.8) is 0 Å². The Morgan fingerprint density at radius 2 is 1.95 bits per heavy atom. The molecule has 2 amide bonds. The molecule has 1 aromatic carbocycles. The van der Waals surface area contributed by atoms with Crippen LogP contribution >= 0.6 is 0 Å². The van der Waals surface area contributed by atoms with Gasteiger partial charge in [0.1, 0.15) is 0 Å². The molecule has 0 aliphatic heterocycles. The average molecular weight is 288 g/mol. The summed E-state index contributed by atoms with van der Waals surface area (Å²) in [5, 5.41) is 13.9. The van der Waals surface area contributed by atoms with Gasteiger partial charge in [-0.25, -0.2) is 0 Å². The van der Waals surface area contributed by atoms with Gasteiger partial charge in [0.15, 0.2) is 0 Å². The third kappa shape index (κ3) is 6.59. The normalized spacial score (nSPS) is 11.0. The standard InChI is InChI=1S/C16H20N2O3/c1-12(18-16(21)11-17-13(2)20)15-8-6-14(7-9-15)5-3-4-10-19/h6-9,12,19H,4,10-11H2,1-2H3,(H,17,20)(H,18,21). The Bertz CT molecular complexity index is 541. The molecule has 0 aliphatic carbocycles. The van der Waals surface area contributed by atoms with Crippen LogP contribution in [0.1, 0.15) is 37.4 Å². The number of benzene rings is 1. The van der Waals surface area contributed by atoms with Crippen LogP contribution in [0.5, 0.6) is 0 Å². The van der Waals surface area contributed by atoms with E-state index in [4.69, 9.17) is 5.11 Å². The molecule has 0 radical (unpaired) electrons. The summed E-state index contributed by atoms with van der Waals surface area (Å²) in [6.07, 6.45) is 0.456. The van der Waals surface area contributed by atoms with Crippen LogP contribution in [-0.2, 0) is 9.59 Å². The molecule has 0 saturated heterocycles. The van der Waals surface area contributed by atoms with Crippen molar-refractivity contribution in [2.45, 2.75) is 26.3 Å². The molecular formula is C16H20N2O3. The fraction of sp³-hybridized carbons (Fsp3) is 0.375. The maximum absolute atomic E-state index is 11.6. The molecule has 0 aliphatic rings. The zero-order valence-corrected chi connectivity index (χ0v) is 12.3. The molecular weight excluding hydrogens is 268 g/mol. The van der Waals surface area contributed by atoms with Crippen LogP contribution in [0, 0.1) is 11.8 Å². The number of hydrogen-bond donors (Lipinski definition) is 3. The van der Waals surface area contributed by atoms with Crippen LogP contribution in [0.25, 0.3) is 0 Å². The lowest BCUT2D eigenvalue weighted by Crippen LogP contribution is -2.37. The van der Waals surface area contributed by atoms with Crippen molar-refractivity contribution in [2.75, 3.05) is 13.2 Å². The summed E-state index contributed by atoms with van der Waals surface area (Å²) in [6.45, 7) is 3.28. The molecule has 0 fully saturated rings. The second-order valence-corrected chi connectivity index (χ2v) is 4.60. The number of amides is 2. The van der Waals surface area contributed by atoms with E-state index in [1.807, 2.05) is 31.2 Å². The molecule has 21 heavy (non-hydrogen) atoms. The average Bonchev–Trinajstić information content (AvgIpc) is 2.46. The summed E-state index contributed by atoms with van der Waals surface area (Å²) in [5.74, 6) is 5.33. The van der Waals surface area contributed by atoms with Crippen molar-refractivity contribution in [1.29, 1.82) is 0 Å². The molecule has 0 spiro atoms. The van der Waals surface area contributed by atoms with Gasteiger partial charge in [0.05, 0.1) is 19.2 Å². The van der Waals surface area contributed by atoms with Crippen molar-refractivity contribution in [1.82, 2.24) is 10.6 Å². The van der Waals surface area contributed by atoms with Crippen LogP contribution in [0.2, 0.25) is 0 Å². The van der Waals surface area contributed by atoms with E-state index in [1.54, 1.807) is 0 Å². The third-order valence-corrected chi connectivity index (χ3v) is 2.76. The highest BCUT2D eigenvalue weighted by molar-refractivity contribution is 5.83. The minimum absolute atomic E-state index is 0.0234. The number of rotatable bonds is 5. The van der Waals surface area contributed by atoms with Crippen LogP contribution in [0.3, 0.4) is 0 Å². The maximum Gasteiger partial charge on any atom is 0.239 e. The smallest absolute Gasteiger partial charge is 0.239 e. The molecule has 0 bridgehead atoms. The topological polar surface area (TPSA) is 78.4 Å². The molecule has 0 heterocycles. The second-order valence-electron chi connectivity index (χ2n) is 4.60. The molecule has 5 heteroatoms. The monoisotopic (exact) mass is 288 g/mol. The van der Waals surface area contributed by atoms with E-state index >= 15 is 0 Å². The Kier molecular flexibility index (Phi) is 6.99. The van der Waals surface area contributed by atoms with Crippen molar-refractivity contribution in [3.05, 3.63) is 35.4 Å². The van der Waals surface area contributed by atoms with E-state index in [0.717, 1.165) is 11.1 Å². The van der Waals surface area contributed by atoms with Crippen LogP contribution < -0.4 is 10.6 Å². The minimum atomic E-state index is -0.233. The van der Waals surface area contributed by atoms with E-state index in [9.17, 15) is 9.59 Å². The van der Waals surface area contributed by atoms with E-state index in [1.165, 1.54) is 6.92 Å². The van der Waals surface area contributed by atoms with E-state index in [-0.39, 0.29) is 31.0 Å². The van der Waals surface area contributed by atoms with Crippen molar-refractivity contribution in [2.24, 2.45) is 0 Å². The molecule has 1 unspecified atom stereocenters. The van der Waals surface area contributed by atoms with Gasteiger partial charge in [-0.3, -0.25) is 9.59 Å². The zero-order chi connectivity index (χ0) is 15.7. The molecule has 112 valence electrons. The van der Waals surface area contributed by atoms with Crippen LogP contribution in [0.15, 0.2) is 24.3 Å². The van der Waals surface area contributed by atoms with Crippen molar-refractivity contribution in [3.8, 4) is 11.8 Å². The zero-order valence-electron chi connectivity index (χ0n) is 12.3. The van der Waals surface area contributed by atoms with Crippen LogP contribution in [0.4, 0.5) is 0 Å². The van der Waals surface area contributed by atoms with Gasteiger partial charge in [-0.05, 0) is 24.6 Å². The predicted molar refractivity (Wildman–Crippen MR) is 80.3 cm³/mol. The fourth-order valence-corrected chi connectivity index (χ4v) is 1.66. The highest BCUT2D eigenvalue weighted by Gasteiger charge is 2.09. The minimum Gasteiger partial charge on any atom is -0.395 e. The molecule has 1 atom stereocenters. The van der Waals surface area contributed by atoms with Gasteiger partial charge >= 0.3 is 0 Å². The van der Waals surface area contributed by atoms with Gasteiger partial charge in [-0.1, -0.05) is 24.0 Å². The second kappa shape index (κ2) is 8.77. The summed E-state index contributed by atoms with van der Waals surface area (Å²) in [7, 11) is 0. The molecule has 0 saturated carbocycles. The van der Waals surface area contributed by atoms with Crippen molar-refractivity contribution >= 4 is 11.8 Å². The maximum atomic E-state index is 11.6. The van der Waals surface area contributed by atoms with Gasteiger partial charge in [-0.2, -0.15) is 0 Å². The SMILES string of the molecule is CC(=O)NCC(=O)NC(C)c1ccc(C#CCCO)cc1. The fourth-order valence-electron chi connectivity index (χ4n) is 1.66. The summed E-state index contributed by atoms with van der Waals surface area (Å²) >= 11 is 0. The summed E-state index contributed by atoms with van der Waals surface area (Å²) < 4.78 is 0. The Balaban J connectivity index is 2.55. The Labute approximate surface area is 124 Å². The summed E-state index contributed by atoms with van der Waals surface area (Å²) in [6, 6.07) is 7.39. The molecule has 1 rings (SSSR count). The quantitative estimate of drug-likeness (QED) is 0.699. The predicted octanol–water partition coefficient (Wildman–Crippen LogP) is 0.734. The Morgan fingerprint density at radius 1 is 1.29 bits per heavy atom. The number of aliphatic hydroxyl groups excluding tert-OH is 1. The first kappa shape index (κ1) is 16.7. The molecule has 0 aromatic heterocycles. The first-order chi connectivity index (χ1) is 10.0. The first-order valence-electron chi connectivity index (χ1n) is 6.76. The highest BCUT2D eigenvalue weighted by atomic mass is 16.2. The summed E-state index contributed by atoms with van der Waals surface area (Å²) in [5.41, 5.74) is 1.82. The van der Waals surface area contributed by atoms with Gasteiger partial charge in [-0.15, -0.1) is 0 Å². The lowest BCUT2D eigenvalue weighted by Gasteiger charge is -2.14. The number of hydrogen-bond acceptors (Lipinski definition) is 3. The highest BCUT2D eigenvalue weighted by Crippen LogP contribution is 2.12. The number of carbonyl (C=O) groups excluding carboxylic acids is 2. The van der Waals surface area contributed by atoms with E-state index in [2.05, 4.69) is 22.5 Å². The molecule has 5 nitrogen and oxygen atoms in total. The van der Waals surface area contributed by atoms with E-state index < -0.39 is 0 Å². The summed E-state index contributed by atoms with van der Waals surface area (Å²) in [4.78, 5) is 22.3. The lowest BCUT2D eigenvalue weighted by molar-refractivity contribution is -0.125. The largest absolute Gasteiger partial charge is 0.395 e. The number of nitrogens with one attached hydrogen (secondary N) is 2. The lowest BCUT2D eigenvalue weighted by atomic mass is 10.1. The van der Waals surface area contributed by atoms with Gasteiger partial charge in [0.2, 0.25) is 11.8 Å². The van der Waals surface area contributed by atoms with Gasteiger partial charge in [0, 0.05) is 18.9 Å². The van der Waals surface area contributed by atoms with Crippen molar-refractivity contribution < 1.29 is 14.7 Å². The van der Waals surface area contributed by atoms with Gasteiger partial charge < -0.3 is 15.7 Å². The Hall–Kier alpha value is -2.32. The van der Waals surface area contributed by atoms with Crippen LogP contribution in [-0.4, -0.2) is 30.1 Å². The third-order valence-electron chi connectivity index (χ3n) is 2.76. The van der Waals surface area contributed by atoms with Gasteiger partial charge in [0.25, 0.3) is 0 Å². The first-order valence-corrected chi connectivity index (χ1v) is 6.76. The van der Waals surface area contributed by atoms with E-state index in [0.29, 0.717) is 6.42 Å². The Morgan fingerprint density at radius 3 is 2.52 bits per heavy atom. The molecule has 3 N–H and O–H groups in total. The molecule has 1 aromatic rings. The number of carbonyl (C=O) groups is 2.